The Morgan fingerprint density at radius 3 is 0.722 bits per heavy atom. The van der Waals surface area contributed by atoms with Gasteiger partial charge in [0.2, 0.25) is 0 Å². The molecule has 0 aliphatic carbocycles. The molecule has 0 aliphatic heterocycles. The molecule has 4 heteroatoms. The second-order valence-corrected chi connectivity index (χ2v) is 17.9. The smallest absolute Gasteiger partial charge is 0.164 e. The Labute approximate surface area is 420 Å². The van der Waals surface area contributed by atoms with Crippen molar-refractivity contribution in [1.29, 1.82) is 0 Å². The molecule has 0 saturated carbocycles. The third-order valence-corrected chi connectivity index (χ3v) is 13.1. The summed E-state index contributed by atoms with van der Waals surface area (Å²) in [6.45, 7) is 0. The van der Waals surface area contributed by atoms with Crippen LogP contribution in [0.4, 0.5) is 0 Å². The van der Waals surface area contributed by atoms with Crippen molar-refractivity contribution in [3.05, 3.63) is 279 Å². The van der Waals surface area contributed by atoms with Crippen LogP contribution in [0.25, 0.3) is 123 Å². The van der Waals surface area contributed by atoms with Gasteiger partial charge in [-0.25, -0.2) is 15.0 Å². The van der Waals surface area contributed by atoms with Crippen LogP contribution in [0.2, 0.25) is 0 Å². The highest BCUT2D eigenvalue weighted by atomic mass is 15.0. The van der Waals surface area contributed by atoms with Crippen LogP contribution in [0.3, 0.4) is 0 Å². The average Bonchev–Trinajstić information content (AvgIpc) is 3.48. The molecule has 72 heavy (non-hydrogen) atoms. The van der Waals surface area contributed by atoms with E-state index in [0.29, 0.717) is 17.5 Å². The van der Waals surface area contributed by atoms with Crippen molar-refractivity contribution in [1.82, 2.24) is 19.9 Å². The van der Waals surface area contributed by atoms with Gasteiger partial charge in [-0.15, -0.1) is 0 Å². The van der Waals surface area contributed by atoms with Gasteiger partial charge in [-0.3, -0.25) is 4.98 Å². The lowest BCUT2D eigenvalue weighted by Gasteiger charge is -2.14. The Morgan fingerprint density at radius 1 is 0.167 bits per heavy atom. The molecule has 0 fully saturated rings. The van der Waals surface area contributed by atoms with Crippen molar-refractivity contribution in [3.63, 3.8) is 0 Å². The fourth-order valence-corrected chi connectivity index (χ4v) is 9.45. The maximum Gasteiger partial charge on any atom is 0.164 e. The van der Waals surface area contributed by atoms with E-state index in [9.17, 15) is 0 Å². The van der Waals surface area contributed by atoms with Crippen LogP contribution in [-0.2, 0) is 0 Å². The van der Waals surface area contributed by atoms with Gasteiger partial charge in [0.1, 0.15) is 0 Å². The van der Waals surface area contributed by atoms with Crippen molar-refractivity contribution in [2.24, 2.45) is 0 Å². The standard InChI is InChI=1S/C68H46N4/c1-5-19-47(20-6-1)59-41-60(48-21-7-2-8-22-48)44-63(43-59)53-29-17-33-57(39-53)67-70-66(56-32-16-28-52(38-56)51-27-15-31-55(37-51)65-35-13-14-36-69-65)71-68(72-67)58-34-18-30-54(40-58)64-45-61(49-23-9-3-10-24-49)42-62(46-64)50-25-11-4-12-26-50/h1-46H. The van der Waals surface area contributed by atoms with Crippen LogP contribution in [-0.4, -0.2) is 19.9 Å². The van der Waals surface area contributed by atoms with Crippen molar-refractivity contribution in [2.75, 3.05) is 0 Å². The third-order valence-electron chi connectivity index (χ3n) is 13.1. The van der Waals surface area contributed by atoms with E-state index < -0.39 is 0 Å². The summed E-state index contributed by atoms with van der Waals surface area (Å²) in [5.74, 6) is 1.76. The number of hydrogen-bond acceptors (Lipinski definition) is 4. The summed E-state index contributed by atoms with van der Waals surface area (Å²) in [5.41, 5.74) is 20.4. The minimum absolute atomic E-state index is 0.586. The molecule has 12 rings (SSSR count). The number of hydrogen-bond donors (Lipinski definition) is 0. The Hall–Kier alpha value is -9.64. The molecule has 0 atom stereocenters. The van der Waals surface area contributed by atoms with Gasteiger partial charge >= 0.3 is 0 Å². The number of aromatic nitrogens is 4. The van der Waals surface area contributed by atoms with Crippen LogP contribution in [0.5, 0.6) is 0 Å². The summed E-state index contributed by atoms with van der Waals surface area (Å²) in [7, 11) is 0. The molecule has 12 aromatic rings. The zero-order valence-electron chi connectivity index (χ0n) is 39.3. The van der Waals surface area contributed by atoms with Crippen LogP contribution in [0.1, 0.15) is 0 Å². The molecular weight excluding hydrogens is 873 g/mol. The largest absolute Gasteiger partial charge is 0.256 e. The minimum atomic E-state index is 0.586. The van der Waals surface area contributed by atoms with E-state index in [2.05, 4.69) is 260 Å². The Balaban J connectivity index is 0.996. The summed E-state index contributed by atoms with van der Waals surface area (Å²) in [4.78, 5) is 20.6. The molecule has 338 valence electrons. The van der Waals surface area contributed by atoms with Gasteiger partial charge < -0.3 is 0 Å². The molecule has 0 bridgehead atoms. The first-order valence-electron chi connectivity index (χ1n) is 24.3. The summed E-state index contributed by atoms with van der Waals surface area (Å²) < 4.78 is 0. The first kappa shape index (κ1) is 43.6. The van der Waals surface area contributed by atoms with Gasteiger partial charge in [-0.05, 0) is 151 Å². The zero-order chi connectivity index (χ0) is 48.1. The third kappa shape index (κ3) is 9.41. The fraction of sp³-hybridized carbons (Fsp3) is 0. The lowest BCUT2D eigenvalue weighted by molar-refractivity contribution is 1.07. The van der Waals surface area contributed by atoms with Crippen molar-refractivity contribution < 1.29 is 0 Å². The Kier molecular flexibility index (Phi) is 12.0. The number of rotatable bonds is 11. The first-order valence-corrected chi connectivity index (χ1v) is 24.3. The average molecular weight is 919 g/mol. The Bertz CT molecular complexity index is 3530. The van der Waals surface area contributed by atoms with E-state index in [0.717, 1.165) is 106 Å². The van der Waals surface area contributed by atoms with Gasteiger partial charge in [-0.1, -0.05) is 200 Å². The maximum atomic E-state index is 5.33. The SMILES string of the molecule is c1ccc(-c2cc(-c3ccccc3)cc(-c3cccc(-c4nc(-c5cccc(-c6cc(-c7ccccc7)cc(-c7ccccc7)c6)c5)nc(-c5cccc(-c6cccc(-c7ccccn7)c6)c5)n4)c3)c2)cc1. The zero-order valence-corrected chi connectivity index (χ0v) is 39.3. The molecule has 0 aliphatic rings. The molecule has 10 aromatic carbocycles. The van der Waals surface area contributed by atoms with Crippen LogP contribution >= 0.6 is 0 Å². The molecule has 0 unspecified atom stereocenters. The van der Waals surface area contributed by atoms with Gasteiger partial charge in [0.25, 0.3) is 0 Å². The first-order chi connectivity index (χ1) is 35.6. The van der Waals surface area contributed by atoms with Crippen LogP contribution in [0.15, 0.2) is 279 Å². The Morgan fingerprint density at radius 2 is 0.403 bits per heavy atom. The summed E-state index contributed by atoms with van der Waals surface area (Å²) in [6, 6.07) is 96.1. The van der Waals surface area contributed by atoms with E-state index in [1.54, 1.807) is 0 Å². The van der Waals surface area contributed by atoms with Crippen molar-refractivity contribution >= 4 is 0 Å². The highest BCUT2D eigenvalue weighted by Crippen LogP contribution is 2.38. The highest BCUT2D eigenvalue weighted by molar-refractivity contribution is 5.85. The van der Waals surface area contributed by atoms with E-state index in [4.69, 9.17) is 15.0 Å². The van der Waals surface area contributed by atoms with Crippen molar-refractivity contribution in [2.45, 2.75) is 0 Å². The monoisotopic (exact) mass is 918 g/mol. The van der Waals surface area contributed by atoms with Gasteiger partial charge in [0.05, 0.1) is 5.69 Å². The fourth-order valence-electron chi connectivity index (χ4n) is 9.45. The second kappa shape index (κ2) is 19.8. The molecule has 2 heterocycles. The number of benzene rings is 10. The van der Waals surface area contributed by atoms with Gasteiger partial charge in [-0.2, -0.15) is 0 Å². The second-order valence-electron chi connectivity index (χ2n) is 17.9. The molecule has 0 amide bonds. The van der Waals surface area contributed by atoms with E-state index in [1.165, 1.54) is 0 Å². The lowest BCUT2D eigenvalue weighted by atomic mass is 9.92. The summed E-state index contributed by atoms with van der Waals surface area (Å²) in [5, 5.41) is 0. The van der Waals surface area contributed by atoms with E-state index in [1.807, 2.05) is 24.4 Å². The van der Waals surface area contributed by atoms with E-state index in [-0.39, 0.29) is 0 Å². The molecular formula is C68H46N4. The van der Waals surface area contributed by atoms with Crippen LogP contribution < -0.4 is 0 Å². The molecule has 0 spiro atoms. The number of nitrogens with zero attached hydrogens (tertiary/aromatic N) is 4. The van der Waals surface area contributed by atoms with Crippen LogP contribution in [0, 0.1) is 0 Å². The van der Waals surface area contributed by atoms with E-state index >= 15 is 0 Å². The predicted molar refractivity (Wildman–Crippen MR) is 297 cm³/mol. The van der Waals surface area contributed by atoms with Crippen molar-refractivity contribution in [3.8, 4) is 123 Å². The summed E-state index contributed by atoms with van der Waals surface area (Å²) in [6.07, 6.45) is 1.83. The highest BCUT2D eigenvalue weighted by Gasteiger charge is 2.17. The topological polar surface area (TPSA) is 51.6 Å². The van der Waals surface area contributed by atoms with Gasteiger partial charge in [0, 0.05) is 28.5 Å². The minimum Gasteiger partial charge on any atom is -0.256 e. The predicted octanol–water partition coefficient (Wildman–Crippen LogP) is 17.6. The molecule has 0 N–H and O–H groups in total. The lowest BCUT2D eigenvalue weighted by Crippen LogP contribution is -2.00. The molecule has 0 saturated heterocycles. The van der Waals surface area contributed by atoms with Gasteiger partial charge in [0.15, 0.2) is 17.5 Å². The maximum absolute atomic E-state index is 5.33. The molecule has 4 nitrogen and oxygen atoms in total. The summed E-state index contributed by atoms with van der Waals surface area (Å²) >= 11 is 0. The number of pyridine rings is 1. The normalized spacial score (nSPS) is 11.1. The molecule has 0 radical (unpaired) electrons. The quantitative estimate of drug-likeness (QED) is 0.130. The molecule has 2 aromatic heterocycles.